The van der Waals surface area contributed by atoms with Crippen LogP contribution in [0.5, 0.6) is 5.75 Å². The molecule has 0 aromatic heterocycles. The highest BCUT2D eigenvalue weighted by atomic mass is 16.3. The number of carbonyl (C=O) groups is 2. The summed E-state index contributed by atoms with van der Waals surface area (Å²) in [5, 5.41) is 16.5. The highest BCUT2D eigenvalue weighted by Gasteiger charge is 2.38. The average Bonchev–Trinajstić information content (AvgIpc) is 3.58. The van der Waals surface area contributed by atoms with Gasteiger partial charge in [0.05, 0.1) is 5.56 Å². The van der Waals surface area contributed by atoms with Crippen molar-refractivity contribution >= 4 is 11.8 Å². The molecule has 2 aromatic rings. The van der Waals surface area contributed by atoms with Crippen LogP contribution in [-0.4, -0.2) is 60.6 Å². The Morgan fingerprint density at radius 3 is 2.53 bits per heavy atom. The summed E-state index contributed by atoms with van der Waals surface area (Å²) in [7, 11) is 0. The van der Waals surface area contributed by atoms with Crippen LogP contribution < -0.4 is 16.4 Å². The Hall–Kier alpha value is -2.90. The predicted molar refractivity (Wildman–Crippen MR) is 124 cm³/mol. The van der Waals surface area contributed by atoms with E-state index in [0.29, 0.717) is 30.0 Å². The number of hydrogen-bond donors (Lipinski definition) is 4. The number of carbonyl (C=O) groups excluding carboxylic acids is 2. The van der Waals surface area contributed by atoms with Gasteiger partial charge in [0.1, 0.15) is 5.75 Å². The third-order valence-corrected chi connectivity index (χ3v) is 6.63. The molecule has 2 amide bonds. The Morgan fingerprint density at radius 1 is 1.09 bits per heavy atom. The first-order valence-corrected chi connectivity index (χ1v) is 11.4. The summed E-state index contributed by atoms with van der Waals surface area (Å²) in [6.45, 7) is 4.52. The standard InChI is InChI=1S/C25H32N4O3/c26-24(31)20-7-6-19(14-23(20)30)25(32)27-10-13-29-11-8-17(9-12-29)16-28-22-15-21(22)18-4-2-1-3-5-18/h1-7,14,17,21-22,28,30H,8-13,15-16H2,(H2,26,31)(H,27,32). The number of benzene rings is 2. The lowest BCUT2D eigenvalue weighted by Gasteiger charge is -2.32. The fourth-order valence-corrected chi connectivity index (χ4v) is 4.53. The summed E-state index contributed by atoms with van der Waals surface area (Å²) in [5.74, 6) is 0.120. The number of piperidine rings is 1. The molecule has 2 aromatic carbocycles. The van der Waals surface area contributed by atoms with Gasteiger partial charge in [0.15, 0.2) is 0 Å². The van der Waals surface area contributed by atoms with Crippen LogP contribution in [0, 0.1) is 5.92 Å². The number of hydrogen-bond acceptors (Lipinski definition) is 5. The third-order valence-electron chi connectivity index (χ3n) is 6.63. The first-order valence-electron chi connectivity index (χ1n) is 11.4. The molecule has 5 N–H and O–H groups in total. The molecule has 4 rings (SSSR count). The minimum atomic E-state index is -0.721. The van der Waals surface area contributed by atoms with Gasteiger partial charge in [-0.2, -0.15) is 0 Å². The van der Waals surface area contributed by atoms with Crippen molar-refractivity contribution in [3.05, 3.63) is 65.2 Å². The molecule has 2 unspecified atom stereocenters. The SMILES string of the molecule is NC(=O)c1ccc(C(=O)NCCN2CCC(CNC3CC3c3ccccc3)CC2)cc1O. The second kappa shape index (κ2) is 10.1. The van der Waals surface area contributed by atoms with E-state index in [1.54, 1.807) is 0 Å². The molecular formula is C25H32N4O3. The number of nitrogens with one attached hydrogen (secondary N) is 2. The van der Waals surface area contributed by atoms with Crippen LogP contribution in [0.4, 0.5) is 0 Å². The molecule has 0 radical (unpaired) electrons. The molecule has 1 heterocycles. The number of phenols is 1. The number of nitrogens with two attached hydrogens (primary N) is 1. The fraction of sp³-hybridized carbons (Fsp3) is 0.440. The van der Waals surface area contributed by atoms with Gasteiger partial charge in [-0.25, -0.2) is 0 Å². The van der Waals surface area contributed by atoms with Crippen LogP contribution in [-0.2, 0) is 0 Å². The van der Waals surface area contributed by atoms with Crippen LogP contribution in [0.2, 0.25) is 0 Å². The second-order valence-electron chi connectivity index (χ2n) is 8.90. The quantitative estimate of drug-likeness (QED) is 0.481. The highest BCUT2D eigenvalue weighted by Crippen LogP contribution is 2.40. The Bertz CT molecular complexity index is 941. The maximum atomic E-state index is 12.3. The number of nitrogens with zero attached hydrogens (tertiary/aromatic N) is 1. The monoisotopic (exact) mass is 436 g/mol. The van der Waals surface area contributed by atoms with Crippen molar-refractivity contribution in [2.24, 2.45) is 11.7 Å². The molecule has 1 aliphatic carbocycles. The Balaban J connectivity index is 1.11. The molecule has 1 aliphatic heterocycles. The molecule has 7 heteroatoms. The van der Waals surface area contributed by atoms with E-state index in [4.69, 9.17) is 5.73 Å². The maximum Gasteiger partial charge on any atom is 0.252 e. The summed E-state index contributed by atoms with van der Waals surface area (Å²) in [6.07, 6.45) is 3.59. The summed E-state index contributed by atoms with van der Waals surface area (Å²) < 4.78 is 0. The van der Waals surface area contributed by atoms with Gasteiger partial charge in [-0.1, -0.05) is 30.3 Å². The van der Waals surface area contributed by atoms with Crippen LogP contribution in [0.15, 0.2) is 48.5 Å². The van der Waals surface area contributed by atoms with E-state index in [-0.39, 0.29) is 17.2 Å². The zero-order chi connectivity index (χ0) is 22.5. The van der Waals surface area contributed by atoms with Gasteiger partial charge in [-0.05, 0) is 68.6 Å². The first kappa shape index (κ1) is 22.3. The summed E-state index contributed by atoms with van der Waals surface area (Å²) in [5.41, 5.74) is 6.94. The molecule has 32 heavy (non-hydrogen) atoms. The van der Waals surface area contributed by atoms with Crippen LogP contribution in [0.25, 0.3) is 0 Å². The molecular weight excluding hydrogens is 404 g/mol. The molecule has 7 nitrogen and oxygen atoms in total. The predicted octanol–water partition coefficient (Wildman–Crippen LogP) is 2.08. The molecule has 1 saturated heterocycles. The van der Waals surface area contributed by atoms with E-state index >= 15 is 0 Å². The lowest BCUT2D eigenvalue weighted by Crippen LogP contribution is -2.41. The van der Waals surface area contributed by atoms with E-state index in [1.165, 1.54) is 43.0 Å². The summed E-state index contributed by atoms with van der Waals surface area (Å²) in [4.78, 5) is 25.8. The number of aromatic hydroxyl groups is 1. The van der Waals surface area contributed by atoms with E-state index in [2.05, 4.69) is 45.9 Å². The Kier molecular flexibility index (Phi) is 7.07. The average molecular weight is 437 g/mol. The third kappa shape index (κ3) is 5.66. The largest absolute Gasteiger partial charge is 0.507 e. The van der Waals surface area contributed by atoms with E-state index in [1.807, 2.05) is 0 Å². The van der Waals surface area contributed by atoms with Crippen molar-refractivity contribution in [1.82, 2.24) is 15.5 Å². The minimum absolute atomic E-state index is 0.0104. The smallest absolute Gasteiger partial charge is 0.252 e. The second-order valence-corrected chi connectivity index (χ2v) is 8.90. The van der Waals surface area contributed by atoms with Gasteiger partial charge in [-0.15, -0.1) is 0 Å². The summed E-state index contributed by atoms with van der Waals surface area (Å²) in [6, 6.07) is 15.5. The lowest BCUT2D eigenvalue weighted by molar-refractivity contribution is 0.0940. The van der Waals surface area contributed by atoms with Crippen molar-refractivity contribution in [3.63, 3.8) is 0 Å². The molecule has 0 bridgehead atoms. The van der Waals surface area contributed by atoms with Gasteiger partial charge in [0, 0.05) is 30.6 Å². The topological polar surface area (TPSA) is 108 Å². The van der Waals surface area contributed by atoms with Gasteiger partial charge in [-0.3, -0.25) is 9.59 Å². The van der Waals surface area contributed by atoms with Crippen molar-refractivity contribution in [2.75, 3.05) is 32.7 Å². The Morgan fingerprint density at radius 2 is 1.84 bits per heavy atom. The summed E-state index contributed by atoms with van der Waals surface area (Å²) >= 11 is 0. The first-order chi connectivity index (χ1) is 15.5. The van der Waals surface area contributed by atoms with E-state index < -0.39 is 5.91 Å². The van der Waals surface area contributed by atoms with Crippen LogP contribution in [0.3, 0.4) is 0 Å². The zero-order valence-electron chi connectivity index (χ0n) is 18.3. The van der Waals surface area contributed by atoms with E-state index in [0.717, 1.165) is 26.2 Å². The number of likely N-dealkylation sites (tertiary alicyclic amines) is 1. The van der Waals surface area contributed by atoms with Crippen molar-refractivity contribution in [1.29, 1.82) is 0 Å². The van der Waals surface area contributed by atoms with Crippen LogP contribution >= 0.6 is 0 Å². The van der Waals surface area contributed by atoms with Gasteiger partial charge in [0.25, 0.3) is 11.8 Å². The lowest BCUT2D eigenvalue weighted by atomic mass is 9.96. The molecule has 1 saturated carbocycles. The molecule has 2 fully saturated rings. The number of rotatable bonds is 9. The van der Waals surface area contributed by atoms with Crippen molar-refractivity contribution in [2.45, 2.75) is 31.2 Å². The van der Waals surface area contributed by atoms with Gasteiger partial charge < -0.3 is 26.4 Å². The van der Waals surface area contributed by atoms with Crippen molar-refractivity contribution in [3.8, 4) is 5.75 Å². The van der Waals surface area contributed by atoms with Crippen LogP contribution in [0.1, 0.15) is 51.5 Å². The zero-order valence-corrected chi connectivity index (χ0v) is 18.3. The maximum absolute atomic E-state index is 12.3. The molecule has 2 aliphatic rings. The molecule has 2 atom stereocenters. The Labute approximate surface area is 189 Å². The van der Waals surface area contributed by atoms with Gasteiger partial charge >= 0.3 is 0 Å². The normalized spacial score (nSPS) is 21.2. The number of primary amides is 1. The highest BCUT2D eigenvalue weighted by molar-refractivity contribution is 5.99. The van der Waals surface area contributed by atoms with E-state index in [9.17, 15) is 14.7 Å². The molecule has 170 valence electrons. The molecule has 0 spiro atoms. The fourth-order valence-electron chi connectivity index (χ4n) is 4.53. The minimum Gasteiger partial charge on any atom is -0.507 e. The number of amides is 2. The van der Waals surface area contributed by atoms with Crippen molar-refractivity contribution < 1.29 is 14.7 Å². The van der Waals surface area contributed by atoms with Gasteiger partial charge in [0.2, 0.25) is 0 Å².